The maximum absolute atomic E-state index is 13.3. The number of rotatable bonds is 3. The van der Waals surface area contributed by atoms with Crippen LogP contribution in [0.1, 0.15) is 28.3 Å². The summed E-state index contributed by atoms with van der Waals surface area (Å²) < 4.78 is 13.3. The van der Waals surface area contributed by atoms with Gasteiger partial charge in [-0.15, -0.1) is 11.3 Å². The molecule has 0 amide bonds. The molecule has 0 saturated carbocycles. The van der Waals surface area contributed by atoms with E-state index in [2.05, 4.69) is 6.92 Å². The van der Waals surface area contributed by atoms with Crippen LogP contribution in [0.4, 0.5) is 4.39 Å². The predicted molar refractivity (Wildman–Crippen MR) is 69.2 cm³/mol. The Morgan fingerprint density at radius 2 is 2.12 bits per heavy atom. The summed E-state index contributed by atoms with van der Waals surface area (Å²) >= 11 is 7.37. The average Bonchev–Trinajstić information content (AvgIpc) is 2.80. The van der Waals surface area contributed by atoms with Gasteiger partial charge in [0.25, 0.3) is 0 Å². The molecular formula is C13H12ClFOS. The molecule has 0 aliphatic rings. The molecule has 1 aromatic heterocycles. The number of benzene rings is 1. The predicted octanol–water partition coefficient (Wildman–Crippen LogP) is 4.18. The van der Waals surface area contributed by atoms with Crippen molar-refractivity contribution in [3.63, 3.8) is 0 Å². The fourth-order valence-corrected chi connectivity index (χ4v) is 2.80. The molecule has 1 atom stereocenters. The van der Waals surface area contributed by atoms with Gasteiger partial charge in [-0.3, -0.25) is 0 Å². The van der Waals surface area contributed by atoms with Crippen molar-refractivity contribution in [3.8, 4) is 0 Å². The number of hydrogen-bond donors (Lipinski definition) is 1. The minimum absolute atomic E-state index is 0.00792. The van der Waals surface area contributed by atoms with Crippen molar-refractivity contribution >= 4 is 22.9 Å². The van der Waals surface area contributed by atoms with Crippen LogP contribution in [0.15, 0.2) is 30.3 Å². The first kappa shape index (κ1) is 12.6. The number of halogens is 2. The second-order valence-corrected chi connectivity index (χ2v) is 5.28. The van der Waals surface area contributed by atoms with Crippen LogP contribution in [0.2, 0.25) is 5.02 Å². The van der Waals surface area contributed by atoms with Crippen LogP contribution in [0.5, 0.6) is 0 Å². The van der Waals surface area contributed by atoms with E-state index in [0.29, 0.717) is 5.56 Å². The first-order valence-electron chi connectivity index (χ1n) is 5.34. The van der Waals surface area contributed by atoms with Crippen molar-refractivity contribution in [1.82, 2.24) is 0 Å². The molecule has 17 heavy (non-hydrogen) atoms. The van der Waals surface area contributed by atoms with Gasteiger partial charge in [-0.25, -0.2) is 4.39 Å². The molecule has 0 spiro atoms. The molecule has 4 heteroatoms. The highest BCUT2D eigenvalue weighted by atomic mass is 35.5. The molecule has 1 aromatic carbocycles. The molecule has 2 aromatic rings. The Balaban J connectivity index is 2.36. The number of aliphatic hydroxyl groups excluding tert-OH is 1. The smallest absolute Gasteiger partial charge is 0.142 e. The molecule has 0 aliphatic carbocycles. The Hall–Kier alpha value is -0.900. The van der Waals surface area contributed by atoms with Gasteiger partial charge in [-0.2, -0.15) is 0 Å². The zero-order chi connectivity index (χ0) is 12.4. The SMILES string of the molecule is CCc1ccc(C(O)c2cccc(F)c2Cl)s1. The van der Waals surface area contributed by atoms with Gasteiger partial charge >= 0.3 is 0 Å². The maximum Gasteiger partial charge on any atom is 0.142 e. The minimum Gasteiger partial charge on any atom is -0.383 e. The lowest BCUT2D eigenvalue weighted by Crippen LogP contribution is -1.99. The summed E-state index contributed by atoms with van der Waals surface area (Å²) in [5, 5.41) is 10.2. The Kier molecular flexibility index (Phi) is 3.82. The van der Waals surface area contributed by atoms with Crippen molar-refractivity contribution in [1.29, 1.82) is 0 Å². The molecule has 1 unspecified atom stereocenters. The van der Waals surface area contributed by atoms with Crippen molar-refractivity contribution in [2.24, 2.45) is 0 Å². The van der Waals surface area contributed by atoms with Crippen LogP contribution in [0, 0.1) is 5.82 Å². The van der Waals surface area contributed by atoms with E-state index in [1.54, 1.807) is 12.1 Å². The highest BCUT2D eigenvalue weighted by molar-refractivity contribution is 7.12. The van der Waals surface area contributed by atoms with Gasteiger partial charge < -0.3 is 5.11 Å². The topological polar surface area (TPSA) is 20.2 Å². The zero-order valence-corrected chi connectivity index (χ0v) is 10.9. The van der Waals surface area contributed by atoms with E-state index < -0.39 is 11.9 Å². The van der Waals surface area contributed by atoms with E-state index in [0.717, 1.165) is 11.3 Å². The highest BCUT2D eigenvalue weighted by Gasteiger charge is 2.17. The number of thiophene rings is 1. The molecule has 90 valence electrons. The summed E-state index contributed by atoms with van der Waals surface area (Å²) in [7, 11) is 0. The third kappa shape index (κ3) is 2.51. The molecule has 0 aliphatic heterocycles. The molecular weight excluding hydrogens is 259 g/mol. The Bertz CT molecular complexity index is 524. The Morgan fingerprint density at radius 1 is 1.35 bits per heavy atom. The van der Waals surface area contributed by atoms with Crippen LogP contribution in [-0.4, -0.2) is 5.11 Å². The maximum atomic E-state index is 13.3. The van der Waals surface area contributed by atoms with Crippen LogP contribution < -0.4 is 0 Å². The van der Waals surface area contributed by atoms with Gasteiger partial charge in [0.1, 0.15) is 11.9 Å². The second-order valence-electron chi connectivity index (χ2n) is 3.70. The second kappa shape index (κ2) is 5.17. The fourth-order valence-electron chi connectivity index (χ4n) is 1.62. The van der Waals surface area contributed by atoms with Crippen molar-refractivity contribution in [3.05, 3.63) is 56.5 Å². The van der Waals surface area contributed by atoms with Crippen LogP contribution in [0.3, 0.4) is 0 Å². The zero-order valence-electron chi connectivity index (χ0n) is 9.28. The van der Waals surface area contributed by atoms with Crippen LogP contribution >= 0.6 is 22.9 Å². The molecule has 1 heterocycles. The largest absolute Gasteiger partial charge is 0.383 e. The standard InChI is InChI=1S/C13H12ClFOS/c1-2-8-6-7-11(17-8)13(16)9-4-3-5-10(15)12(9)14/h3-7,13,16H,2H2,1H3. The summed E-state index contributed by atoms with van der Waals surface area (Å²) in [4.78, 5) is 1.97. The Labute approximate surface area is 108 Å². The van der Waals surface area contributed by atoms with Gasteiger partial charge in [-0.1, -0.05) is 30.7 Å². The van der Waals surface area contributed by atoms with E-state index in [1.165, 1.54) is 22.3 Å². The van der Waals surface area contributed by atoms with Crippen LogP contribution in [-0.2, 0) is 6.42 Å². The first-order valence-corrected chi connectivity index (χ1v) is 6.53. The van der Waals surface area contributed by atoms with Gasteiger partial charge in [0.15, 0.2) is 0 Å². The van der Waals surface area contributed by atoms with Crippen molar-refractivity contribution in [2.45, 2.75) is 19.4 Å². The molecule has 0 fully saturated rings. The molecule has 1 nitrogen and oxygen atoms in total. The van der Waals surface area contributed by atoms with E-state index in [-0.39, 0.29) is 5.02 Å². The normalized spacial score (nSPS) is 12.7. The lowest BCUT2D eigenvalue weighted by molar-refractivity contribution is 0.224. The minimum atomic E-state index is -0.858. The molecule has 0 bridgehead atoms. The van der Waals surface area contributed by atoms with Gasteiger partial charge in [0, 0.05) is 15.3 Å². The highest BCUT2D eigenvalue weighted by Crippen LogP contribution is 2.33. The quantitative estimate of drug-likeness (QED) is 0.887. The summed E-state index contributed by atoms with van der Waals surface area (Å²) in [6.45, 7) is 2.05. The molecule has 2 rings (SSSR count). The van der Waals surface area contributed by atoms with Crippen molar-refractivity contribution in [2.75, 3.05) is 0 Å². The third-order valence-corrected chi connectivity index (χ3v) is 4.26. The summed E-state index contributed by atoms with van der Waals surface area (Å²) in [6.07, 6.45) is 0.0670. The lowest BCUT2D eigenvalue weighted by atomic mass is 10.1. The van der Waals surface area contributed by atoms with E-state index in [4.69, 9.17) is 11.6 Å². The van der Waals surface area contributed by atoms with E-state index >= 15 is 0 Å². The monoisotopic (exact) mass is 270 g/mol. The average molecular weight is 271 g/mol. The van der Waals surface area contributed by atoms with Crippen molar-refractivity contribution < 1.29 is 9.50 Å². The van der Waals surface area contributed by atoms with Gasteiger partial charge in [-0.05, 0) is 24.6 Å². The molecule has 0 radical (unpaired) electrons. The molecule has 1 N–H and O–H groups in total. The Morgan fingerprint density at radius 3 is 2.76 bits per heavy atom. The van der Waals surface area contributed by atoms with E-state index in [9.17, 15) is 9.50 Å². The van der Waals surface area contributed by atoms with Crippen LogP contribution in [0.25, 0.3) is 0 Å². The van der Waals surface area contributed by atoms with E-state index in [1.807, 2.05) is 12.1 Å². The van der Waals surface area contributed by atoms with Gasteiger partial charge in [0.05, 0.1) is 5.02 Å². The van der Waals surface area contributed by atoms with Gasteiger partial charge in [0.2, 0.25) is 0 Å². The first-order chi connectivity index (χ1) is 8.13. The lowest BCUT2D eigenvalue weighted by Gasteiger charge is -2.11. The number of aliphatic hydroxyl groups is 1. The number of hydrogen-bond acceptors (Lipinski definition) is 2. The summed E-state index contributed by atoms with van der Waals surface area (Å²) in [5.74, 6) is -0.504. The molecule has 0 saturated heterocycles. The third-order valence-electron chi connectivity index (χ3n) is 2.58. The summed E-state index contributed by atoms with van der Waals surface area (Å²) in [6, 6.07) is 8.30. The summed E-state index contributed by atoms with van der Waals surface area (Å²) in [5.41, 5.74) is 0.413. The number of aryl methyl sites for hydroxylation is 1. The fraction of sp³-hybridized carbons (Fsp3) is 0.231.